The van der Waals surface area contributed by atoms with Crippen molar-refractivity contribution in [1.82, 2.24) is 4.72 Å². The maximum atomic E-state index is 14.0. The number of fused-ring (bicyclic) bond motifs is 1. The van der Waals surface area contributed by atoms with Gasteiger partial charge in [-0.15, -0.1) is 11.8 Å². The van der Waals surface area contributed by atoms with E-state index in [0.717, 1.165) is 22.3 Å². The molecule has 0 amide bonds. The normalized spacial score (nSPS) is 17.6. The van der Waals surface area contributed by atoms with Gasteiger partial charge in [-0.25, -0.2) is 17.5 Å². The number of aryl methyl sites for hydroxylation is 3. The molecular weight excluding hydrogens is 345 g/mol. The summed E-state index contributed by atoms with van der Waals surface area (Å²) in [6, 6.07) is 8.17. The minimum atomic E-state index is -3.68. The summed E-state index contributed by atoms with van der Waals surface area (Å²) in [7, 11) is -3.68. The van der Waals surface area contributed by atoms with Crippen molar-refractivity contribution in [2.45, 2.75) is 43.0 Å². The highest BCUT2D eigenvalue weighted by Crippen LogP contribution is 2.38. The van der Waals surface area contributed by atoms with Crippen molar-refractivity contribution in [3.63, 3.8) is 0 Å². The standard InChI is InChI=1S/C18H20FNO2S2/c1-11-9-12(2)18(13(3)10-11)24(21,22)20-16-7-8-23-17-14(16)5-4-6-15(17)19/h4-6,9-10,16,20H,7-8H2,1-3H3/t16-/m1/s1. The Morgan fingerprint density at radius 1 is 1.17 bits per heavy atom. The van der Waals surface area contributed by atoms with Gasteiger partial charge in [-0.05, 0) is 55.7 Å². The van der Waals surface area contributed by atoms with Gasteiger partial charge in [0.25, 0.3) is 0 Å². The van der Waals surface area contributed by atoms with Crippen LogP contribution in [0, 0.1) is 26.6 Å². The van der Waals surface area contributed by atoms with Crippen LogP contribution in [0.25, 0.3) is 0 Å². The Bertz CT molecular complexity index is 871. The summed E-state index contributed by atoms with van der Waals surface area (Å²) in [5.41, 5.74) is 3.21. The Morgan fingerprint density at radius 3 is 2.50 bits per heavy atom. The van der Waals surface area contributed by atoms with Gasteiger partial charge >= 0.3 is 0 Å². The molecule has 0 aliphatic carbocycles. The molecule has 0 bridgehead atoms. The molecule has 0 radical (unpaired) electrons. The summed E-state index contributed by atoms with van der Waals surface area (Å²) in [6.07, 6.45) is 0.643. The highest BCUT2D eigenvalue weighted by atomic mass is 32.2. The zero-order valence-corrected chi connectivity index (χ0v) is 15.5. The van der Waals surface area contributed by atoms with Gasteiger partial charge in [0.05, 0.1) is 4.90 Å². The lowest BCUT2D eigenvalue weighted by atomic mass is 10.0. The molecule has 1 aliphatic heterocycles. The van der Waals surface area contributed by atoms with E-state index in [1.165, 1.54) is 17.8 Å². The molecule has 2 aromatic carbocycles. The predicted octanol–water partition coefficient (Wildman–Crippen LogP) is 4.27. The Hall–Kier alpha value is -1.37. The van der Waals surface area contributed by atoms with Crippen molar-refractivity contribution in [1.29, 1.82) is 0 Å². The second-order valence-electron chi connectivity index (χ2n) is 6.20. The van der Waals surface area contributed by atoms with Crippen LogP contribution >= 0.6 is 11.8 Å². The molecule has 0 spiro atoms. The molecule has 0 saturated heterocycles. The van der Waals surface area contributed by atoms with E-state index in [2.05, 4.69) is 4.72 Å². The smallest absolute Gasteiger partial charge is 0.207 e. The number of rotatable bonds is 3. The molecule has 0 unspecified atom stereocenters. The Labute approximate surface area is 146 Å². The largest absolute Gasteiger partial charge is 0.241 e. The minimum Gasteiger partial charge on any atom is -0.207 e. The molecule has 2 aromatic rings. The third kappa shape index (κ3) is 3.23. The molecule has 0 saturated carbocycles. The van der Waals surface area contributed by atoms with Crippen LogP contribution in [-0.4, -0.2) is 14.2 Å². The SMILES string of the molecule is Cc1cc(C)c(S(=O)(=O)N[C@@H]2CCSc3c(F)cccc32)c(C)c1. The lowest BCUT2D eigenvalue weighted by Crippen LogP contribution is -2.32. The fourth-order valence-electron chi connectivity index (χ4n) is 3.35. The summed E-state index contributed by atoms with van der Waals surface area (Å²) in [5, 5.41) is 0. The summed E-state index contributed by atoms with van der Waals surface area (Å²) in [6.45, 7) is 5.55. The van der Waals surface area contributed by atoms with Crippen LogP contribution in [-0.2, 0) is 10.0 Å². The van der Waals surface area contributed by atoms with Gasteiger partial charge < -0.3 is 0 Å². The average molecular weight is 365 g/mol. The van der Waals surface area contributed by atoms with Crippen LogP contribution in [0.1, 0.15) is 34.7 Å². The molecule has 6 heteroatoms. The molecule has 0 fully saturated rings. The molecule has 24 heavy (non-hydrogen) atoms. The average Bonchev–Trinajstić information content (AvgIpc) is 2.46. The van der Waals surface area contributed by atoms with Crippen LogP contribution in [0.3, 0.4) is 0 Å². The van der Waals surface area contributed by atoms with Crippen LogP contribution in [0.5, 0.6) is 0 Å². The summed E-state index contributed by atoms with van der Waals surface area (Å²) >= 11 is 1.44. The maximum Gasteiger partial charge on any atom is 0.241 e. The molecule has 1 N–H and O–H groups in total. The fraction of sp³-hybridized carbons (Fsp3) is 0.333. The van der Waals surface area contributed by atoms with E-state index in [-0.39, 0.29) is 5.82 Å². The number of benzene rings is 2. The first-order valence-electron chi connectivity index (χ1n) is 7.81. The van der Waals surface area contributed by atoms with E-state index in [1.54, 1.807) is 26.0 Å². The van der Waals surface area contributed by atoms with Crippen molar-refractivity contribution >= 4 is 21.8 Å². The van der Waals surface area contributed by atoms with Gasteiger partial charge in [0.15, 0.2) is 0 Å². The molecule has 3 rings (SSSR count). The monoisotopic (exact) mass is 365 g/mol. The number of hydrogen-bond donors (Lipinski definition) is 1. The van der Waals surface area contributed by atoms with Crippen molar-refractivity contribution in [3.05, 3.63) is 58.4 Å². The van der Waals surface area contributed by atoms with E-state index in [0.29, 0.717) is 22.0 Å². The van der Waals surface area contributed by atoms with E-state index >= 15 is 0 Å². The van der Waals surface area contributed by atoms with E-state index in [9.17, 15) is 12.8 Å². The highest BCUT2D eigenvalue weighted by molar-refractivity contribution is 7.99. The fourth-order valence-corrected chi connectivity index (χ4v) is 6.19. The van der Waals surface area contributed by atoms with Gasteiger partial charge in [-0.2, -0.15) is 0 Å². The number of halogens is 1. The predicted molar refractivity (Wildman–Crippen MR) is 95.5 cm³/mol. The van der Waals surface area contributed by atoms with Crippen molar-refractivity contribution in [2.24, 2.45) is 0 Å². The van der Waals surface area contributed by atoms with E-state index < -0.39 is 16.1 Å². The molecule has 1 aliphatic rings. The molecule has 1 heterocycles. The molecule has 0 aromatic heterocycles. The zero-order chi connectivity index (χ0) is 17.5. The van der Waals surface area contributed by atoms with E-state index in [1.807, 2.05) is 19.1 Å². The van der Waals surface area contributed by atoms with Crippen molar-refractivity contribution in [3.8, 4) is 0 Å². The molecule has 3 nitrogen and oxygen atoms in total. The number of sulfonamides is 1. The maximum absolute atomic E-state index is 14.0. The summed E-state index contributed by atoms with van der Waals surface area (Å²) in [5.74, 6) is 0.400. The lowest BCUT2D eigenvalue weighted by Gasteiger charge is -2.26. The van der Waals surface area contributed by atoms with Crippen molar-refractivity contribution in [2.75, 3.05) is 5.75 Å². The third-order valence-corrected chi connectivity index (χ3v) is 7.13. The van der Waals surface area contributed by atoms with Crippen LogP contribution in [0.15, 0.2) is 40.1 Å². The minimum absolute atomic E-state index is 0.288. The van der Waals surface area contributed by atoms with Crippen LogP contribution < -0.4 is 4.72 Å². The van der Waals surface area contributed by atoms with Crippen molar-refractivity contribution < 1.29 is 12.8 Å². The topological polar surface area (TPSA) is 46.2 Å². The Balaban J connectivity index is 2.00. The first kappa shape index (κ1) is 17.5. The van der Waals surface area contributed by atoms with Gasteiger partial charge in [0.1, 0.15) is 5.82 Å². The van der Waals surface area contributed by atoms with Gasteiger partial charge in [0.2, 0.25) is 10.0 Å². The first-order chi connectivity index (χ1) is 11.3. The molecule has 128 valence electrons. The lowest BCUT2D eigenvalue weighted by molar-refractivity contribution is 0.532. The second-order valence-corrected chi connectivity index (χ2v) is 8.95. The highest BCUT2D eigenvalue weighted by Gasteiger charge is 2.29. The summed E-state index contributed by atoms with van der Waals surface area (Å²) < 4.78 is 42.6. The van der Waals surface area contributed by atoms with Crippen LogP contribution in [0.2, 0.25) is 0 Å². The van der Waals surface area contributed by atoms with Gasteiger partial charge in [-0.3, -0.25) is 0 Å². The molecule has 1 atom stereocenters. The number of nitrogens with one attached hydrogen (secondary N) is 1. The third-order valence-electron chi connectivity index (χ3n) is 4.20. The van der Waals surface area contributed by atoms with E-state index in [4.69, 9.17) is 0 Å². The van der Waals surface area contributed by atoms with Gasteiger partial charge in [-0.1, -0.05) is 29.8 Å². The quantitative estimate of drug-likeness (QED) is 0.884. The number of thioether (sulfide) groups is 1. The molecular formula is C18H20FNO2S2. The Kier molecular flexibility index (Phi) is 4.73. The second kappa shape index (κ2) is 6.50. The first-order valence-corrected chi connectivity index (χ1v) is 10.3. The summed E-state index contributed by atoms with van der Waals surface area (Å²) in [4.78, 5) is 0.873. The zero-order valence-electron chi connectivity index (χ0n) is 13.9. The number of hydrogen-bond acceptors (Lipinski definition) is 3. The Morgan fingerprint density at radius 2 is 1.83 bits per heavy atom. The van der Waals surface area contributed by atoms with Gasteiger partial charge in [0, 0.05) is 10.9 Å². The van der Waals surface area contributed by atoms with Crippen LogP contribution in [0.4, 0.5) is 4.39 Å².